The fourth-order valence-corrected chi connectivity index (χ4v) is 2.02. The molecule has 0 aliphatic carbocycles. The Kier molecular flexibility index (Phi) is 4.22. The van der Waals surface area contributed by atoms with Gasteiger partial charge in [0.15, 0.2) is 0 Å². The largest absolute Gasteiger partial charge is 1.00 e. The molecule has 0 amide bonds. The van der Waals surface area contributed by atoms with Crippen LogP contribution in [0.2, 0.25) is 0 Å². The number of anilines is 1. The van der Waals surface area contributed by atoms with Crippen LogP contribution in [0.15, 0.2) is 24.3 Å². The van der Waals surface area contributed by atoms with Crippen molar-refractivity contribution in [2.75, 3.05) is 45.2 Å². The highest BCUT2D eigenvalue weighted by molar-refractivity contribution is 5.47. The molecule has 0 spiro atoms. The van der Waals surface area contributed by atoms with E-state index in [9.17, 15) is 0 Å². The molecule has 0 bridgehead atoms. The Balaban J connectivity index is 0.00000128. The first-order chi connectivity index (χ1) is 7.07. The summed E-state index contributed by atoms with van der Waals surface area (Å²) in [4.78, 5) is 2.49. The number of halogens is 1. The van der Waals surface area contributed by atoms with E-state index in [2.05, 4.69) is 50.2 Å². The lowest BCUT2D eigenvalue weighted by Gasteiger charge is -2.40. The third-order valence-electron chi connectivity index (χ3n) is 3.35. The van der Waals surface area contributed by atoms with Gasteiger partial charge in [0.25, 0.3) is 0 Å². The molecule has 1 aliphatic rings. The summed E-state index contributed by atoms with van der Waals surface area (Å²) in [5.41, 5.74) is 2.71. The average molecular weight is 241 g/mol. The molecule has 1 heterocycles. The number of piperazine rings is 1. The van der Waals surface area contributed by atoms with Gasteiger partial charge in [-0.05, 0) is 19.1 Å². The number of nitrogens with zero attached hydrogens (tertiary/aromatic N) is 2. The SMILES string of the molecule is Cc1ccc(N2CC[N+](C)(C)CC2)cc1.[Cl-]. The standard InChI is InChI=1S/C13H21N2.ClH/c1-12-4-6-13(7-5-12)14-8-10-15(2,3)11-9-14;/h4-7H,8-11H2,1-3H3;1H/q+1;/p-1. The smallest absolute Gasteiger partial charge is 0.0961 e. The molecule has 0 saturated carbocycles. The van der Waals surface area contributed by atoms with Gasteiger partial charge in [-0.3, -0.25) is 0 Å². The van der Waals surface area contributed by atoms with Gasteiger partial charge >= 0.3 is 0 Å². The minimum Gasteiger partial charge on any atom is -1.00 e. The second kappa shape index (κ2) is 5.07. The van der Waals surface area contributed by atoms with Gasteiger partial charge in [0.05, 0.1) is 40.3 Å². The highest BCUT2D eigenvalue weighted by Gasteiger charge is 2.23. The van der Waals surface area contributed by atoms with E-state index in [1.165, 1.54) is 37.4 Å². The van der Waals surface area contributed by atoms with E-state index in [-0.39, 0.29) is 12.4 Å². The van der Waals surface area contributed by atoms with Gasteiger partial charge in [0, 0.05) is 5.69 Å². The highest BCUT2D eigenvalue weighted by atomic mass is 35.5. The van der Waals surface area contributed by atoms with Crippen LogP contribution in [0.3, 0.4) is 0 Å². The summed E-state index contributed by atoms with van der Waals surface area (Å²) in [6, 6.07) is 8.87. The van der Waals surface area contributed by atoms with Crippen LogP contribution in [0.4, 0.5) is 5.69 Å². The molecule has 0 aromatic heterocycles. The molecule has 0 radical (unpaired) electrons. The topological polar surface area (TPSA) is 3.24 Å². The van der Waals surface area contributed by atoms with Crippen molar-refractivity contribution >= 4 is 5.69 Å². The molecular weight excluding hydrogens is 220 g/mol. The summed E-state index contributed by atoms with van der Waals surface area (Å²) in [6.45, 7) is 6.98. The second-order valence-electron chi connectivity index (χ2n) is 5.21. The number of rotatable bonds is 1. The third-order valence-corrected chi connectivity index (χ3v) is 3.35. The maximum atomic E-state index is 2.49. The van der Waals surface area contributed by atoms with Gasteiger partial charge in [-0.2, -0.15) is 0 Å². The van der Waals surface area contributed by atoms with Crippen molar-refractivity contribution in [1.29, 1.82) is 0 Å². The van der Waals surface area contributed by atoms with Crippen molar-refractivity contribution in [3.63, 3.8) is 0 Å². The minimum absolute atomic E-state index is 0. The van der Waals surface area contributed by atoms with E-state index >= 15 is 0 Å². The minimum atomic E-state index is 0. The lowest BCUT2D eigenvalue weighted by molar-refractivity contribution is -0.890. The number of hydrogen-bond acceptors (Lipinski definition) is 1. The molecule has 1 aromatic carbocycles. The average Bonchev–Trinajstić information content (AvgIpc) is 2.20. The second-order valence-corrected chi connectivity index (χ2v) is 5.21. The van der Waals surface area contributed by atoms with Crippen LogP contribution < -0.4 is 17.3 Å². The van der Waals surface area contributed by atoms with Gasteiger partial charge < -0.3 is 21.8 Å². The van der Waals surface area contributed by atoms with Gasteiger partial charge in [-0.25, -0.2) is 0 Å². The van der Waals surface area contributed by atoms with Gasteiger partial charge in [0.1, 0.15) is 0 Å². The van der Waals surface area contributed by atoms with E-state index < -0.39 is 0 Å². The Morgan fingerprint density at radius 3 is 2.00 bits per heavy atom. The van der Waals surface area contributed by atoms with Gasteiger partial charge in [0.2, 0.25) is 0 Å². The first kappa shape index (κ1) is 13.3. The zero-order valence-electron chi connectivity index (χ0n) is 10.4. The maximum absolute atomic E-state index is 2.49. The first-order valence-corrected chi connectivity index (χ1v) is 5.70. The number of hydrogen-bond donors (Lipinski definition) is 0. The molecule has 1 aliphatic heterocycles. The molecule has 16 heavy (non-hydrogen) atoms. The monoisotopic (exact) mass is 240 g/mol. The summed E-state index contributed by atoms with van der Waals surface area (Å²) in [6.07, 6.45) is 0. The number of quaternary nitrogens is 1. The highest BCUT2D eigenvalue weighted by Crippen LogP contribution is 2.18. The Bertz CT molecular complexity index is 322. The summed E-state index contributed by atoms with van der Waals surface area (Å²) in [5, 5.41) is 0. The molecule has 1 aromatic rings. The van der Waals surface area contributed by atoms with Crippen molar-refractivity contribution in [3.8, 4) is 0 Å². The summed E-state index contributed by atoms with van der Waals surface area (Å²) in [7, 11) is 4.62. The van der Waals surface area contributed by atoms with Crippen LogP contribution in [0.1, 0.15) is 5.56 Å². The molecule has 1 fully saturated rings. The zero-order chi connectivity index (χ0) is 10.9. The van der Waals surface area contributed by atoms with E-state index in [0.717, 1.165) is 4.48 Å². The summed E-state index contributed by atoms with van der Waals surface area (Å²) < 4.78 is 1.16. The third kappa shape index (κ3) is 3.13. The van der Waals surface area contributed by atoms with Crippen molar-refractivity contribution in [2.45, 2.75) is 6.92 Å². The molecule has 0 unspecified atom stereocenters. The first-order valence-electron chi connectivity index (χ1n) is 5.70. The summed E-state index contributed by atoms with van der Waals surface area (Å²) >= 11 is 0. The van der Waals surface area contributed by atoms with Crippen LogP contribution in [0, 0.1) is 6.92 Å². The Morgan fingerprint density at radius 2 is 1.50 bits per heavy atom. The number of likely N-dealkylation sites (N-methyl/N-ethyl adjacent to an activating group) is 1. The van der Waals surface area contributed by atoms with Crippen LogP contribution in [-0.4, -0.2) is 44.8 Å². The van der Waals surface area contributed by atoms with Crippen LogP contribution in [0.25, 0.3) is 0 Å². The molecule has 0 atom stereocenters. The van der Waals surface area contributed by atoms with Crippen molar-refractivity contribution in [3.05, 3.63) is 29.8 Å². The quantitative estimate of drug-likeness (QED) is 0.564. The van der Waals surface area contributed by atoms with Crippen molar-refractivity contribution < 1.29 is 16.9 Å². The van der Waals surface area contributed by atoms with E-state index in [4.69, 9.17) is 0 Å². The van der Waals surface area contributed by atoms with Crippen LogP contribution >= 0.6 is 0 Å². The maximum Gasteiger partial charge on any atom is 0.0961 e. The number of aryl methyl sites for hydroxylation is 1. The lowest BCUT2D eigenvalue weighted by Crippen LogP contribution is -3.00. The molecule has 1 saturated heterocycles. The normalized spacial score (nSPS) is 19.1. The van der Waals surface area contributed by atoms with Gasteiger partial charge in [-0.15, -0.1) is 0 Å². The molecule has 3 heteroatoms. The molecular formula is C13H21ClN2. The van der Waals surface area contributed by atoms with E-state index in [0.29, 0.717) is 0 Å². The molecule has 2 nitrogen and oxygen atoms in total. The predicted molar refractivity (Wildman–Crippen MR) is 65.2 cm³/mol. The lowest BCUT2D eigenvalue weighted by atomic mass is 10.2. The van der Waals surface area contributed by atoms with E-state index in [1.807, 2.05) is 0 Å². The van der Waals surface area contributed by atoms with Gasteiger partial charge in [-0.1, -0.05) is 17.7 Å². The van der Waals surface area contributed by atoms with Crippen molar-refractivity contribution in [2.24, 2.45) is 0 Å². The van der Waals surface area contributed by atoms with E-state index in [1.54, 1.807) is 0 Å². The number of benzene rings is 1. The zero-order valence-corrected chi connectivity index (χ0v) is 11.2. The molecule has 0 N–H and O–H groups in total. The Morgan fingerprint density at radius 1 is 1.00 bits per heavy atom. The Labute approximate surface area is 105 Å². The van der Waals surface area contributed by atoms with Crippen LogP contribution in [-0.2, 0) is 0 Å². The Hall–Kier alpha value is -0.730. The predicted octanol–water partition coefficient (Wildman–Crippen LogP) is -1.10. The molecule has 2 rings (SSSR count). The van der Waals surface area contributed by atoms with Crippen molar-refractivity contribution in [1.82, 2.24) is 0 Å². The van der Waals surface area contributed by atoms with Crippen LogP contribution in [0.5, 0.6) is 0 Å². The summed E-state index contributed by atoms with van der Waals surface area (Å²) in [5.74, 6) is 0. The fraction of sp³-hybridized carbons (Fsp3) is 0.538. The fourth-order valence-electron chi connectivity index (χ4n) is 2.02. The molecule has 90 valence electrons.